The lowest BCUT2D eigenvalue weighted by atomic mass is 10.2. The van der Waals surface area contributed by atoms with E-state index in [1.54, 1.807) is 24.3 Å². The fraction of sp³-hybridized carbons (Fsp3) is 0.176. The fourth-order valence-electron chi connectivity index (χ4n) is 1.72. The van der Waals surface area contributed by atoms with E-state index in [9.17, 15) is 9.59 Å². The van der Waals surface area contributed by atoms with Crippen LogP contribution in [0.1, 0.15) is 5.56 Å². The average molecular weight is 334 g/mol. The van der Waals surface area contributed by atoms with Crippen LogP contribution in [-0.2, 0) is 20.9 Å². The predicted molar refractivity (Wildman–Crippen MR) is 86.2 cm³/mol. The zero-order chi connectivity index (χ0) is 16.5. The van der Waals surface area contributed by atoms with Gasteiger partial charge in [-0.2, -0.15) is 0 Å². The summed E-state index contributed by atoms with van der Waals surface area (Å²) in [5, 5.41) is 2.85. The molecule has 0 saturated heterocycles. The van der Waals surface area contributed by atoms with Crippen LogP contribution in [0.3, 0.4) is 0 Å². The Balaban J connectivity index is 1.66. The molecule has 0 aromatic heterocycles. The van der Waals surface area contributed by atoms with Gasteiger partial charge in [0.25, 0.3) is 5.91 Å². The van der Waals surface area contributed by atoms with Gasteiger partial charge in [-0.1, -0.05) is 54.1 Å². The molecule has 0 saturated carbocycles. The summed E-state index contributed by atoms with van der Waals surface area (Å²) in [6.07, 6.45) is 0. The van der Waals surface area contributed by atoms with Crippen LogP contribution >= 0.6 is 11.6 Å². The Kier molecular flexibility index (Phi) is 6.44. The van der Waals surface area contributed by atoms with Crippen LogP contribution in [0.15, 0.2) is 54.6 Å². The van der Waals surface area contributed by atoms with Crippen molar-refractivity contribution >= 4 is 23.5 Å². The second kappa shape index (κ2) is 8.80. The first-order valence-electron chi connectivity index (χ1n) is 6.99. The second-order valence-corrected chi connectivity index (χ2v) is 5.05. The van der Waals surface area contributed by atoms with Crippen LogP contribution in [0.5, 0.6) is 5.75 Å². The van der Waals surface area contributed by atoms with Gasteiger partial charge in [0.05, 0.1) is 5.02 Å². The highest BCUT2D eigenvalue weighted by atomic mass is 35.5. The Morgan fingerprint density at radius 1 is 1.00 bits per heavy atom. The third-order valence-corrected chi connectivity index (χ3v) is 3.18. The SMILES string of the molecule is O=C(COc1ccccc1Cl)NCC(=O)OCc1ccccc1. The number of halogens is 1. The number of carbonyl (C=O) groups is 2. The zero-order valence-electron chi connectivity index (χ0n) is 12.3. The molecule has 0 aliphatic carbocycles. The van der Waals surface area contributed by atoms with Crippen molar-refractivity contribution in [2.45, 2.75) is 6.61 Å². The van der Waals surface area contributed by atoms with Crippen LogP contribution in [0.4, 0.5) is 0 Å². The maximum Gasteiger partial charge on any atom is 0.325 e. The zero-order valence-corrected chi connectivity index (χ0v) is 13.1. The monoisotopic (exact) mass is 333 g/mol. The van der Waals surface area contributed by atoms with Gasteiger partial charge in [-0.25, -0.2) is 0 Å². The standard InChI is InChI=1S/C17H16ClNO4/c18-14-8-4-5-9-15(14)22-12-16(20)19-10-17(21)23-11-13-6-2-1-3-7-13/h1-9H,10-12H2,(H,19,20). The molecule has 0 atom stereocenters. The van der Waals surface area contributed by atoms with E-state index in [1.165, 1.54) is 0 Å². The molecule has 6 heteroatoms. The highest BCUT2D eigenvalue weighted by Gasteiger charge is 2.08. The van der Waals surface area contributed by atoms with E-state index in [-0.39, 0.29) is 19.8 Å². The quantitative estimate of drug-likeness (QED) is 0.791. The van der Waals surface area contributed by atoms with E-state index in [4.69, 9.17) is 21.1 Å². The number of hydrogen-bond donors (Lipinski definition) is 1. The minimum atomic E-state index is -0.514. The summed E-state index contributed by atoms with van der Waals surface area (Å²) in [5.74, 6) is -0.530. The van der Waals surface area contributed by atoms with Gasteiger partial charge in [-0.15, -0.1) is 0 Å². The van der Waals surface area contributed by atoms with Crippen molar-refractivity contribution in [2.75, 3.05) is 13.2 Å². The Morgan fingerprint density at radius 3 is 2.43 bits per heavy atom. The van der Waals surface area contributed by atoms with Crippen LogP contribution in [0.25, 0.3) is 0 Å². The summed E-state index contributed by atoms with van der Waals surface area (Å²) >= 11 is 5.90. The van der Waals surface area contributed by atoms with Crippen LogP contribution in [0.2, 0.25) is 5.02 Å². The number of nitrogens with one attached hydrogen (secondary N) is 1. The van der Waals surface area contributed by atoms with Gasteiger partial charge in [-0.05, 0) is 17.7 Å². The molecule has 1 N–H and O–H groups in total. The molecule has 0 fully saturated rings. The summed E-state index contributed by atoms with van der Waals surface area (Å²) in [4.78, 5) is 23.2. The molecule has 0 radical (unpaired) electrons. The van der Waals surface area contributed by atoms with Crippen molar-refractivity contribution in [3.63, 3.8) is 0 Å². The molecule has 0 bridgehead atoms. The molecule has 1 amide bonds. The summed E-state index contributed by atoms with van der Waals surface area (Å²) in [6, 6.07) is 16.1. The highest BCUT2D eigenvalue weighted by Crippen LogP contribution is 2.22. The second-order valence-electron chi connectivity index (χ2n) is 4.64. The molecule has 2 aromatic carbocycles. The first-order chi connectivity index (χ1) is 11.1. The fourth-order valence-corrected chi connectivity index (χ4v) is 1.91. The van der Waals surface area contributed by atoms with Gasteiger partial charge >= 0.3 is 5.97 Å². The smallest absolute Gasteiger partial charge is 0.325 e. The maximum absolute atomic E-state index is 11.6. The normalized spacial score (nSPS) is 9.96. The lowest BCUT2D eigenvalue weighted by Gasteiger charge is -2.09. The summed E-state index contributed by atoms with van der Waals surface area (Å²) in [6.45, 7) is -0.265. The number of ether oxygens (including phenoxy) is 2. The van der Waals surface area contributed by atoms with Gasteiger partial charge in [0, 0.05) is 0 Å². The minimum absolute atomic E-state index is 0.172. The van der Waals surface area contributed by atoms with Crippen molar-refractivity contribution in [2.24, 2.45) is 0 Å². The van der Waals surface area contributed by atoms with Crippen molar-refractivity contribution in [3.05, 3.63) is 65.2 Å². The third kappa shape index (κ3) is 6.00. The van der Waals surface area contributed by atoms with Crippen molar-refractivity contribution in [3.8, 4) is 5.75 Å². The maximum atomic E-state index is 11.6. The van der Waals surface area contributed by atoms with E-state index in [0.717, 1.165) is 5.56 Å². The van der Waals surface area contributed by atoms with E-state index in [1.807, 2.05) is 30.3 Å². The molecular weight excluding hydrogens is 318 g/mol. The molecule has 0 aliphatic rings. The number of hydrogen-bond acceptors (Lipinski definition) is 4. The summed E-state index contributed by atoms with van der Waals surface area (Å²) in [7, 11) is 0. The molecule has 120 valence electrons. The van der Waals surface area contributed by atoms with Crippen molar-refractivity contribution in [1.29, 1.82) is 0 Å². The number of rotatable bonds is 7. The number of carbonyl (C=O) groups excluding carboxylic acids is 2. The van der Waals surface area contributed by atoms with Gasteiger partial charge in [-0.3, -0.25) is 9.59 Å². The Labute approximate surface area is 139 Å². The average Bonchev–Trinajstić information content (AvgIpc) is 2.58. The molecule has 5 nitrogen and oxygen atoms in total. The Hall–Kier alpha value is -2.53. The Morgan fingerprint density at radius 2 is 1.70 bits per heavy atom. The van der Waals surface area contributed by atoms with E-state index >= 15 is 0 Å². The van der Waals surface area contributed by atoms with E-state index in [2.05, 4.69) is 5.32 Å². The topological polar surface area (TPSA) is 64.6 Å². The minimum Gasteiger partial charge on any atom is -0.482 e. The first kappa shape index (κ1) is 16.8. The van der Waals surface area contributed by atoms with Gasteiger partial charge in [0.2, 0.25) is 0 Å². The predicted octanol–water partition coefficient (Wildman–Crippen LogP) is 2.58. The van der Waals surface area contributed by atoms with Gasteiger partial charge in [0.1, 0.15) is 18.9 Å². The molecular formula is C17H16ClNO4. The highest BCUT2D eigenvalue weighted by molar-refractivity contribution is 6.32. The van der Waals surface area contributed by atoms with E-state index in [0.29, 0.717) is 10.8 Å². The number of amides is 1. The Bertz CT molecular complexity index is 661. The summed E-state index contributed by atoms with van der Waals surface area (Å²) < 4.78 is 10.3. The van der Waals surface area contributed by atoms with Crippen molar-refractivity contribution in [1.82, 2.24) is 5.32 Å². The van der Waals surface area contributed by atoms with Crippen molar-refractivity contribution < 1.29 is 19.1 Å². The van der Waals surface area contributed by atoms with Crippen LogP contribution in [0, 0.1) is 0 Å². The lowest BCUT2D eigenvalue weighted by molar-refractivity contribution is -0.145. The molecule has 0 unspecified atom stereocenters. The van der Waals surface area contributed by atoms with E-state index < -0.39 is 11.9 Å². The number of benzene rings is 2. The lowest BCUT2D eigenvalue weighted by Crippen LogP contribution is -2.34. The molecule has 0 spiro atoms. The summed E-state index contributed by atoms with van der Waals surface area (Å²) in [5.41, 5.74) is 0.884. The molecule has 0 heterocycles. The first-order valence-corrected chi connectivity index (χ1v) is 7.36. The number of esters is 1. The number of para-hydroxylation sites is 1. The molecule has 23 heavy (non-hydrogen) atoms. The molecule has 0 aliphatic heterocycles. The largest absolute Gasteiger partial charge is 0.482 e. The van der Waals surface area contributed by atoms with Crippen LogP contribution < -0.4 is 10.1 Å². The van der Waals surface area contributed by atoms with Gasteiger partial charge < -0.3 is 14.8 Å². The van der Waals surface area contributed by atoms with Crippen LogP contribution in [-0.4, -0.2) is 25.0 Å². The molecule has 2 rings (SSSR count). The third-order valence-electron chi connectivity index (χ3n) is 2.87. The van der Waals surface area contributed by atoms with Gasteiger partial charge in [0.15, 0.2) is 6.61 Å². The molecule has 2 aromatic rings.